The van der Waals surface area contributed by atoms with Crippen molar-refractivity contribution in [1.29, 1.82) is 0 Å². The average molecular weight is 283 g/mol. The van der Waals surface area contributed by atoms with Crippen LogP contribution in [0.4, 0.5) is 0 Å². The predicted molar refractivity (Wildman–Crippen MR) is 84.9 cm³/mol. The second kappa shape index (κ2) is 7.28. The molecule has 0 bridgehead atoms. The van der Waals surface area contributed by atoms with Crippen molar-refractivity contribution in [3.63, 3.8) is 0 Å². The Morgan fingerprint density at radius 3 is 2.58 bits per heavy atom. The summed E-state index contributed by atoms with van der Waals surface area (Å²) in [5, 5.41) is 4.19. The van der Waals surface area contributed by atoms with E-state index in [1.54, 1.807) is 0 Å². The van der Waals surface area contributed by atoms with Gasteiger partial charge in [0.1, 0.15) is 0 Å². The molecule has 0 aromatic heterocycles. The summed E-state index contributed by atoms with van der Waals surface area (Å²) in [6.07, 6.45) is 2.24. The second-order valence-corrected chi connectivity index (χ2v) is 6.21. The van der Waals surface area contributed by atoms with E-state index in [1.807, 2.05) is 25.2 Å². The van der Waals surface area contributed by atoms with Crippen molar-refractivity contribution < 1.29 is 0 Å². The van der Waals surface area contributed by atoms with Crippen molar-refractivity contribution in [2.75, 3.05) is 20.6 Å². The smallest absolute Gasteiger partial charge is 0.0409 e. The number of rotatable bonds is 7. The highest BCUT2D eigenvalue weighted by Gasteiger charge is 2.21. The highest BCUT2D eigenvalue weighted by Crippen LogP contribution is 2.23. The molecule has 0 fully saturated rings. The van der Waals surface area contributed by atoms with Gasteiger partial charge < -0.3 is 10.2 Å². The van der Waals surface area contributed by atoms with Gasteiger partial charge in [0.2, 0.25) is 0 Å². The SMILES string of the molecule is CCC(C)(C)N(C)CCC(NC)c1cccc(Cl)c1. The first-order valence-corrected chi connectivity index (χ1v) is 7.42. The second-order valence-electron chi connectivity index (χ2n) is 5.77. The van der Waals surface area contributed by atoms with Gasteiger partial charge in [-0.1, -0.05) is 30.7 Å². The highest BCUT2D eigenvalue weighted by atomic mass is 35.5. The van der Waals surface area contributed by atoms with Gasteiger partial charge in [0.25, 0.3) is 0 Å². The van der Waals surface area contributed by atoms with Gasteiger partial charge in [-0.25, -0.2) is 0 Å². The van der Waals surface area contributed by atoms with Crippen LogP contribution in [0.3, 0.4) is 0 Å². The van der Waals surface area contributed by atoms with Gasteiger partial charge in [-0.05, 0) is 58.5 Å². The van der Waals surface area contributed by atoms with Crippen LogP contribution in [0.15, 0.2) is 24.3 Å². The van der Waals surface area contributed by atoms with Crippen molar-refractivity contribution >= 4 is 11.6 Å². The van der Waals surface area contributed by atoms with Gasteiger partial charge in [-0.15, -0.1) is 0 Å². The minimum Gasteiger partial charge on any atom is -0.313 e. The van der Waals surface area contributed by atoms with E-state index in [4.69, 9.17) is 11.6 Å². The quantitative estimate of drug-likeness (QED) is 0.810. The first kappa shape index (κ1) is 16.5. The van der Waals surface area contributed by atoms with Gasteiger partial charge >= 0.3 is 0 Å². The lowest BCUT2D eigenvalue weighted by molar-refractivity contribution is 0.144. The van der Waals surface area contributed by atoms with E-state index < -0.39 is 0 Å². The lowest BCUT2D eigenvalue weighted by atomic mass is 9.98. The molecule has 0 amide bonds. The summed E-state index contributed by atoms with van der Waals surface area (Å²) in [6, 6.07) is 8.48. The largest absolute Gasteiger partial charge is 0.313 e. The third-order valence-corrected chi connectivity index (χ3v) is 4.49. The predicted octanol–water partition coefficient (Wildman–Crippen LogP) is 4.11. The minimum absolute atomic E-state index is 0.257. The summed E-state index contributed by atoms with van der Waals surface area (Å²) in [7, 11) is 4.21. The zero-order chi connectivity index (χ0) is 14.5. The van der Waals surface area contributed by atoms with E-state index in [0.29, 0.717) is 6.04 Å². The zero-order valence-corrected chi connectivity index (χ0v) is 13.6. The summed E-state index contributed by atoms with van der Waals surface area (Å²) in [6.45, 7) is 7.89. The van der Waals surface area contributed by atoms with Crippen molar-refractivity contribution in [2.45, 2.75) is 45.2 Å². The molecule has 1 aromatic carbocycles. The third kappa shape index (κ3) is 4.79. The molecule has 1 N–H and O–H groups in total. The molecule has 0 heterocycles. The number of hydrogen-bond donors (Lipinski definition) is 1. The molecule has 0 radical (unpaired) electrons. The van der Waals surface area contributed by atoms with E-state index in [2.05, 4.69) is 44.1 Å². The zero-order valence-electron chi connectivity index (χ0n) is 12.8. The van der Waals surface area contributed by atoms with Gasteiger partial charge in [-0.3, -0.25) is 0 Å². The summed E-state index contributed by atoms with van der Waals surface area (Å²) in [5.41, 5.74) is 1.52. The number of benzene rings is 1. The van der Waals surface area contributed by atoms with Crippen molar-refractivity contribution in [3.8, 4) is 0 Å². The molecule has 0 aliphatic carbocycles. The average Bonchev–Trinajstić information content (AvgIpc) is 2.39. The molecule has 0 aliphatic heterocycles. The Hall–Kier alpha value is -0.570. The Bertz CT molecular complexity index is 390. The van der Waals surface area contributed by atoms with Crippen LogP contribution in [0.2, 0.25) is 5.02 Å². The monoisotopic (exact) mass is 282 g/mol. The molecule has 1 aromatic rings. The molecular formula is C16H27ClN2. The summed E-state index contributed by atoms with van der Waals surface area (Å²) in [5.74, 6) is 0. The number of hydrogen-bond acceptors (Lipinski definition) is 2. The summed E-state index contributed by atoms with van der Waals surface area (Å²) < 4.78 is 0. The van der Waals surface area contributed by atoms with Crippen LogP contribution >= 0.6 is 11.6 Å². The third-order valence-electron chi connectivity index (χ3n) is 4.25. The Morgan fingerprint density at radius 1 is 1.37 bits per heavy atom. The Labute approximate surface area is 123 Å². The van der Waals surface area contributed by atoms with Crippen molar-refractivity contribution in [1.82, 2.24) is 10.2 Å². The Morgan fingerprint density at radius 2 is 2.05 bits per heavy atom. The molecule has 0 saturated heterocycles. The lowest BCUT2D eigenvalue weighted by Crippen LogP contribution is -2.41. The minimum atomic E-state index is 0.257. The Kier molecular flexibility index (Phi) is 6.31. The van der Waals surface area contributed by atoms with Gasteiger partial charge in [0.15, 0.2) is 0 Å². The van der Waals surface area contributed by atoms with Gasteiger partial charge in [0, 0.05) is 23.1 Å². The van der Waals surface area contributed by atoms with Gasteiger partial charge in [0.05, 0.1) is 0 Å². The van der Waals surface area contributed by atoms with Crippen molar-refractivity contribution in [3.05, 3.63) is 34.9 Å². The molecular weight excluding hydrogens is 256 g/mol. The topological polar surface area (TPSA) is 15.3 Å². The molecule has 1 atom stereocenters. The fourth-order valence-electron chi connectivity index (χ4n) is 2.10. The molecule has 108 valence electrons. The fourth-order valence-corrected chi connectivity index (χ4v) is 2.30. The van der Waals surface area contributed by atoms with E-state index in [0.717, 1.165) is 24.4 Å². The summed E-state index contributed by atoms with van der Waals surface area (Å²) >= 11 is 6.07. The van der Waals surface area contributed by atoms with E-state index >= 15 is 0 Å². The standard InChI is InChI=1S/C16H27ClN2/c1-6-16(2,3)19(5)11-10-15(18-4)13-8-7-9-14(17)12-13/h7-9,12,15,18H,6,10-11H2,1-5H3. The maximum atomic E-state index is 6.07. The number of halogens is 1. The van der Waals surface area contributed by atoms with Crippen LogP contribution in [0.1, 0.15) is 45.2 Å². The first-order valence-electron chi connectivity index (χ1n) is 7.04. The molecule has 3 heteroatoms. The van der Waals surface area contributed by atoms with Crippen molar-refractivity contribution in [2.24, 2.45) is 0 Å². The molecule has 1 rings (SSSR count). The van der Waals surface area contributed by atoms with Crippen LogP contribution in [-0.2, 0) is 0 Å². The normalized spacial score (nSPS) is 13.8. The first-order chi connectivity index (χ1) is 8.90. The Balaban J connectivity index is 2.64. The fraction of sp³-hybridized carbons (Fsp3) is 0.625. The number of nitrogens with one attached hydrogen (secondary N) is 1. The molecule has 0 spiro atoms. The molecule has 2 nitrogen and oxygen atoms in total. The lowest BCUT2D eigenvalue weighted by Gasteiger charge is -2.35. The van der Waals surface area contributed by atoms with E-state index in [-0.39, 0.29) is 5.54 Å². The van der Waals surface area contributed by atoms with Crippen LogP contribution in [-0.4, -0.2) is 31.1 Å². The summed E-state index contributed by atoms with van der Waals surface area (Å²) in [4.78, 5) is 2.43. The molecule has 1 unspecified atom stereocenters. The van der Waals surface area contributed by atoms with Crippen LogP contribution in [0, 0.1) is 0 Å². The highest BCUT2D eigenvalue weighted by molar-refractivity contribution is 6.30. The maximum absolute atomic E-state index is 6.07. The van der Waals surface area contributed by atoms with E-state index in [9.17, 15) is 0 Å². The van der Waals surface area contributed by atoms with Crippen LogP contribution < -0.4 is 5.32 Å². The number of nitrogens with zero attached hydrogens (tertiary/aromatic N) is 1. The van der Waals surface area contributed by atoms with E-state index in [1.165, 1.54) is 5.56 Å². The van der Waals surface area contributed by atoms with Crippen LogP contribution in [0.25, 0.3) is 0 Å². The van der Waals surface area contributed by atoms with Crippen LogP contribution in [0.5, 0.6) is 0 Å². The molecule has 0 saturated carbocycles. The molecule has 0 aliphatic rings. The van der Waals surface area contributed by atoms with Gasteiger partial charge in [-0.2, -0.15) is 0 Å². The molecule has 19 heavy (non-hydrogen) atoms. The maximum Gasteiger partial charge on any atom is 0.0409 e.